The molecule has 0 aromatic rings. The Labute approximate surface area is 120 Å². The van der Waals surface area contributed by atoms with Crippen molar-refractivity contribution in [2.24, 2.45) is 0 Å². The van der Waals surface area contributed by atoms with Crippen molar-refractivity contribution < 1.29 is 23.8 Å². The number of Topliss-reactive ketones (excluding diaryl/α,β-unsaturated/α-hetero) is 1. The fourth-order valence-corrected chi connectivity index (χ4v) is 1.82. The van der Waals surface area contributed by atoms with E-state index in [1.807, 2.05) is 6.92 Å². The van der Waals surface area contributed by atoms with Gasteiger partial charge in [0, 0.05) is 13.2 Å². The van der Waals surface area contributed by atoms with E-state index < -0.39 is 17.7 Å². The molecule has 0 saturated carbocycles. The van der Waals surface area contributed by atoms with Gasteiger partial charge in [0.05, 0.1) is 13.2 Å². The number of morpholine rings is 1. The van der Waals surface area contributed by atoms with Crippen molar-refractivity contribution >= 4 is 11.9 Å². The largest absolute Gasteiger partial charge is 0.444 e. The van der Waals surface area contributed by atoms with E-state index in [0.29, 0.717) is 19.8 Å². The average molecular weight is 287 g/mol. The van der Waals surface area contributed by atoms with E-state index in [1.54, 1.807) is 20.8 Å². The lowest BCUT2D eigenvalue weighted by Crippen LogP contribution is -2.54. The van der Waals surface area contributed by atoms with Gasteiger partial charge in [0.1, 0.15) is 18.2 Å². The molecule has 1 aliphatic rings. The van der Waals surface area contributed by atoms with Crippen molar-refractivity contribution in [3.63, 3.8) is 0 Å². The summed E-state index contributed by atoms with van der Waals surface area (Å²) in [5.41, 5.74) is -0.582. The maximum absolute atomic E-state index is 12.1. The Balaban J connectivity index is 2.61. The normalized spacial score (nSPS) is 19.8. The van der Waals surface area contributed by atoms with Crippen LogP contribution in [0.5, 0.6) is 0 Å². The summed E-state index contributed by atoms with van der Waals surface area (Å²) in [6.07, 6.45) is 0.374. The SMILES string of the molecule is CCCOCC(=O)C1COCCN1C(=O)OC(C)(C)C. The summed E-state index contributed by atoms with van der Waals surface area (Å²) in [7, 11) is 0. The first-order valence-corrected chi connectivity index (χ1v) is 7.03. The van der Waals surface area contributed by atoms with Crippen LogP contribution in [0.4, 0.5) is 4.79 Å². The highest BCUT2D eigenvalue weighted by Gasteiger charge is 2.35. The van der Waals surface area contributed by atoms with Gasteiger partial charge in [0.25, 0.3) is 0 Å². The molecule has 1 heterocycles. The minimum atomic E-state index is -0.615. The predicted molar refractivity (Wildman–Crippen MR) is 73.7 cm³/mol. The minimum Gasteiger partial charge on any atom is -0.444 e. The molecule has 116 valence electrons. The van der Waals surface area contributed by atoms with Crippen LogP contribution in [-0.2, 0) is 19.0 Å². The summed E-state index contributed by atoms with van der Waals surface area (Å²) in [6, 6.07) is -0.615. The Morgan fingerprint density at radius 2 is 2.05 bits per heavy atom. The summed E-state index contributed by atoms with van der Waals surface area (Å²) in [6.45, 7) is 8.88. The molecular formula is C14H25NO5. The number of hydrogen-bond acceptors (Lipinski definition) is 5. The number of carbonyl (C=O) groups excluding carboxylic acids is 2. The van der Waals surface area contributed by atoms with Crippen LogP contribution >= 0.6 is 0 Å². The van der Waals surface area contributed by atoms with Gasteiger partial charge in [-0.05, 0) is 27.2 Å². The highest BCUT2D eigenvalue weighted by atomic mass is 16.6. The summed E-state index contributed by atoms with van der Waals surface area (Å²) in [4.78, 5) is 25.6. The van der Waals surface area contributed by atoms with Gasteiger partial charge >= 0.3 is 6.09 Å². The number of carbonyl (C=O) groups is 2. The van der Waals surface area contributed by atoms with Crippen molar-refractivity contribution in [2.45, 2.75) is 45.8 Å². The standard InChI is InChI=1S/C14H25NO5/c1-5-7-18-10-12(16)11-9-19-8-6-15(11)13(17)20-14(2,3)4/h11H,5-10H2,1-4H3. The molecule has 0 bridgehead atoms. The Morgan fingerprint density at radius 1 is 1.35 bits per heavy atom. The first kappa shape index (κ1) is 16.9. The zero-order chi connectivity index (χ0) is 15.2. The third-order valence-corrected chi connectivity index (χ3v) is 2.72. The second kappa shape index (κ2) is 7.59. The maximum atomic E-state index is 12.1. The molecule has 1 unspecified atom stereocenters. The van der Waals surface area contributed by atoms with Gasteiger partial charge in [-0.2, -0.15) is 0 Å². The van der Waals surface area contributed by atoms with Crippen LogP contribution in [0.15, 0.2) is 0 Å². The Kier molecular flexibility index (Phi) is 6.42. The summed E-state index contributed by atoms with van der Waals surface area (Å²) < 4.78 is 15.9. The van der Waals surface area contributed by atoms with Gasteiger partial charge in [-0.3, -0.25) is 9.69 Å². The van der Waals surface area contributed by atoms with Crippen molar-refractivity contribution in [2.75, 3.05) is 33.0 Å². The van der Waals surface area contributed by atoms with Crippen LogP contribution in [0, 0.1) is 0 Å². The Hall–Kier alpha value is -1.14. The van der Waals surface area contributed by atoms with Crippen molar-refractivity contribution in [3.8, 4) is 0 Å². The van der Waals surface area contributed by atoms with E-state index >= 15 is 0 Å². The molecule has 20 heavy (non-hydrogen) atoms. The molecule has 0 aromatic heterocycles. The van der Waals surface area contributed by atoms with Crippen molar-refractivity contribution in [1.29, 1.82) is 0 Å². The molecule has 0 radical (unpaired) electrons. The van der Waals surface area contributed by atoms with E-state index in [-0.39, 0.29) is 19.0 Å². The minimum absolute atomic E-state index is 0.00116. The van der Waals surface area contributed by atoms with Crippen LogP contribution in [0.1, 0.15) is 34.1 Å². The number of ether oxygens (including phenoxy) is 3. The number of rotatable bonds is 5. The van der Waals surface area contributed by atoms with Crippen LogP contribution in [-0.4, -0.2) is 61.4 Å². The Morgan fingerprint density at radius 3 is 2.65 bits per heavy atom. The van der Waals surface area contributed by atoms with E-state index in [4.69, 9.17) is 14.2 Å². The molecular weight excluding hydrogens is 262 g/mol. The molecule has 0 aromatic carbocycles. The highest BCUT2D eigenvalue weighted by Crippen LogP contribution is 2.15. The molecule has 1 fully saturated rings. The predicted octanol–water partition coefficient (Wildman–Crippen LogP) is 1.62. The summed E-state index contributed by atoms with van der Waals surface area (Å²) in [5.74, 6) is -0.149. The lowest BCUT2D eigenvalue weighted by Gasteiger charge is -2.35. The van der Waals surface area contributed by atoms with Gasteiger partial charge in [-0.15, -0.1) is 0 Å². The Bertz CT molecular complexity index is 337. The van der Waals surface area contributed by atoms with Crippen molar-refractivity contribution in [3.05, 3.63) is 0 Å². The van der Waals surface area contributed by atoms with Gasteiger partial charge in [-0.1, -0.05) is 6.92 Å². The number of ketones is 1. The lowest BCUT2D eigenvalue weighted by molar-refractivity contribution is -0.134. The molecule has 0 aliphatic carbocycles. The second-order valence-electron chi connectivity index (χ2n) is 5.78. The maximum Gasteiger partial charge on any atom is 0.411 e. The van der Waals surface area contributed by atoms with E-state index in [1.165, 1.54) is 4.90 Å². The van der Waals surface area contributed by atoms with E-state index in [0.717, 1.165) is 6.42 Å². The molecule has 6 heteroatoms. The zero-order valence-corrected chi connectivity index (χ0v) is 12.8. The van der Waals surface area contributed by atoms with Gasteiger partial charge < -0.3 is 14.2 Å². The first-order valence-electron chi connectivity index (χ1n) is 7.03. The van der Waals surface area contributed by atoms with Crippen molar-refractivity contribution in [1.82, 2.24) is 4.90 Å². The molecule has 1 rings (SSSR count). The van der Waals surface area contributed by atoms with Crippen LogP contribution in [0.2, 0.25) is 0 Å². The molecule has 1 amide bonds. The zero-order valence-electron chi connectivity index (χ0n) is 12.8. The van der Waals surface area contributed by atoms with Gasteiger partial charge in [0.2, 0.25) is 0 Å². The van der Waals surface area contributed by atoms with Crippen LogP contribution in [0.25, 0.3) is 0 Å². The molecule has 0 spiro atoms. The molecule has 0 N–H and O–H groups in total. The molecule has 1 atom stereocenters. The van der Waals surface area contributed by atoms with Gasteiger partial charge in [-0.25, -0.2) is 4.79 Å². The number of hydrogen-bond donors (Lipinski definition) is 0. The van der Waals surface area contributed by atoms with E-state index in [9.17, 15) is 9.59 Å². The highest BCUT2D eigenvalue weighted by molar-refractivity contribution is 5.88. The lowest BCUT2D eigenvalue weighted by atomic mass is 10.1. The third-order valence-electron chi connectivity index (χ3n) is 2.72. The second-order valence-corrected chi connectivity index (χ2v) is 5.78. The third kappa shape index (κ3) is 5.46. The molecule has 1 aliphatic heterocycles. The smallest absolute Gasteiger partial charge is 0.411 e. The molecule has 1 saturated heterocycles. The number of nitrogens with zero attached hydrogens (tertiary/aromatic N) is 1. The summed E-state index contributed by atoms with van der Waals surface area (Å²) >= 11 is 0. The monoisotopic (exact) mass is 287 g/mol. The fourth-order valence-electron chi connectivity index (χ4n) is 1.82. The topological polar surface area (TPSA) is 65.1 Å². The van der Waals surface area contributed by atoms with Gasteiger partial charge in [0.15, 0.2) is 5.78 Å². The number of amides is 1. The molecule has 6 nitrogen and oxygen atoms in total. The van der Waals surface area contributed by atoms with Crippen LogP contribution < -0.4 is 0 Å². The van der Waals surface area contributed by atoms with E-state index in [2.05, 4.69) is 0 Å². The quantitative estimate of drug-likeness (QED) is 0.719. The fraction of sp³-hybridized carbons (Fsp3) is 0.857. The first-order chi connectivity index (χ1) is 9.35. The average Bonchev–Trinajstić information content (AvgIpc) is 2.37. The summed E-state index contributed by atoms with van der Waals surface area (Å²) in [5, 5.41) is 0. The van der Waals surface area contributed by atoms with Crippen LogP contribution in [0.3, 0.4) is 0 Å².